The van der Waals surface area contributed by atoms with Gasteiger partial charge in [-0.3, -0.25) is 4.79 Å². The molecule has 11 heteroatoms. The van der Waals surface area contributed by atoms with Gasteiger partial charge < -0.3 is 15.0 Å². The van der Waals surface area contributed by atoms with Crippen molar-refractivity contribution in [3.63, 3.8) is 0 Å². The number of nitrogens with zero attached hydrogens (tertiary/aromatic N) is 2. The Morgan fingerprint density at radius 1 is 1.23 bits per heavy atom. The number of aromatic amines is 1. The van der Waals surface area contributed by atoms with Crippen molar-refractivity contribution < 1.29 is 17.9 Å². The largest absolute Gasteiger partial charge is 0.379 e. The number of nitrogens with one attached hydrogen (secondary N) is 2. The minimum absolute atomic E-state index is 0.0778. The van der Waals surface area contributed by atoms with Gasteiger partial charge in [-0.15, -0.1) is 0 Å². The summed E-state index contributed by atoms with van der Waals surface area (Å²) in [6.45, 7) is 1.30. The lowest BCUT2D eigenvalue weighted by atomic mass is 10.3. The minimum Gasteiger partial charge on any atom is -0.379 e. The Morgan fingerprint density at radius 3 is 2.77 bits per heavy atom. The Kier molecular flexibility index (Phi) is 6.30. The second-order valence-corrected chi connectivity index (χ2v) is 9.86. The van der Waals surface area contributed by atoms with Crippen molar-refractivity contribution in [1.82, 2.24) is 14.3 Å². The number of carbonyl (C=O) groups is 1. The van der Waals surface area contributed by atoms with Crippen molar-refractivity contribution >= 4 is 56.0 Å². The molecule has 2 aromatic carbocycles. The smallest absolute Gasteiger partial charge is 0.243 e. The van der Waals surface area contributed by atoms with Crippen LogP contribution in [0.2, 0.25) is 5.02 Å². The number of rotatable bonds is 6. The molecule has 0 bridgehead atoms. The average Bonchev–Trinajstić information content (AvgIpc) is 3.17. The van der Waals surface area contributed by atoms with Crippen LogP contribution in [0, 0.1) is 0 Å². The van der Waals surface area contributed by atoms with Gasteiger partial charge >= 0.3 is 0 Å². The quantitative estimate of drug-likeness (QED) is 0.541. The first-order valence-corrected chi connectivity index (χ1v) is 12.0. The van der Waals surface area contributed by atoms with Gasteiger partial charge in [0.05, 0.1) is 45.6 Å². The first-order valence-electron chi connectivity index (χ1n) is 9.18. The maximum Gasteiger partial charge on any atom is 0.243 e. The highest BCUT2D eigenvalue weighted by molar-refractivity contribution is 7.99. The number of imidazole rings is 1. The standard InChI is InChI=1S/C19H19ClN4O4S2/c20-14-6-5-13(30(26,27)24-7-9-28-10-8-24)11-17(14)21-18(25)12-29-19-22-15-3-1-2-4-16(15)23-19/h1-6,11H,7-10,12H2,(H,21,25)(H,22,23). The zero-order chi connectivity index (χ0) is 21.1. The van der Waals surface area contributed by atoms with E-state index < -0.39 is 10.0 Å². The molecule has 1 fully saturated rings. The Morgan fingerprint density at radius 2 is 2.00 bits per heavy atom. The molecule has 1 aliphatic heterocycles. The zero-order valence-electron chi connectivity index (χ0n) is 15.8. The molecule has 1 saturated heterocycles. The Balaban J connectivity index is 1.44. The van der Waals surface area contributed by atoms with Crippen molar-refractivity contribution in [2.45, 2.75) is 10.1 Å². The lowest BCUT2D eigenvalue weighted by molar-refractivity contribution is -0.113. The number of halogens is 1. The van der Waals surface area contributed by atoms with Gasteiger partial charge in [-0.25, -0.2) is 13.4 Å². The maximum absolute atomic E-state index is 12.8. The number of hydrogen-bond acceptors (Lipinski definition) is 6. The summed E-state index contributed by atoms with van der Waals surface area (Å²) in [5.41, 5.74) is 1.97. The summed E-state index contributed by atoms with van der Waals surface area (Å²) in [7, 11) is -3.68. The van der Waals surface area contributed by atoms with Gasteiger partial charge in [0, 0.05) is 13.1 Å². The number of anilines is 1. The molecule has 0 unspecified atom stereocenters. The maximum atomic E-state index is 12.8. The van der Waals surface area contributed by atoms with Crippen LogP contribution < -0.4 is 5.32 Å². The highest BCUT2D eigenvalue weighted by Crippen LogP contribution is 2.28. The summed E-state index contributed by atoms with van der Waals surface area (Å²) in [5, 5.41) is 3.58. The lowest BCUT2D eigenvalue weighted by Gasteiger charge is -2.26. The number of para-hydroxylation sites is 2. The normalized spacial score (nSPS) is 15.4. The third kappa shape index (κ3) is 4.62. The van der Waals surface area contributed by atoms with Crippen LogP contribution in [-0.4, -0.2) is 60.7 Å². The monoisotopic (exact) mass is 466 g/mol. The predicted octanol–water partition coefficient (Wildman–Crippen LogP) is 2.97. The molecule has 8 nitrogen and oxygen atoms in total. The fraction of sp³-hybridized carbons (Fsp3) is 0.263. The van der Waals surface area contributed by atoms with Gasteiger partial charge in [-0.05, 0) is 30.3 Å². The summed E-state index contributed by atoms with van der Waals surface area (Å²) < 4.78 is 32.2. The van der Waals surface area contributed by atoms with E-state index in [2.05, 4.69) is 15.3 Å². The Bertz CT molecular complexity index is 1140. The first kappa shape index (κ1) is 21.1. The summed E-state index contributed by atoms with van der Waals surface area (Å²) in [6, 6.07) is 11.9. The van der Waals surface area contributed by atoms with Crippen molar-refractivity contribution in [3.05, 3.63) is 47.5 Å². The van der Waals surface area contributed by atoms with Crippen molar-refractivity contribution in [2.75, 3.05) is 37.4 Å². The molecule has 1 amide bonds. The molecular weight excluding hydrogens is 448 g/mol. The second-order valence-electron chi connectivity index (χ2n) is 6.55. The molecule has 3 aromatic rings. The van der Waals surface area contributed by atoms with Gasteiger partial charge in [-0.1, -0.05) is 35.5 Å². The van der Waals surface area contributed by atoms with E-state index in [1.807, 2.05) is 24.3 Å². The van der Waals surface area contributed by atoms with Gasteiger partial charge in [0.15, 0.2) is 5.16 Å². The molecule has 2 heterocycles. The minimum atomic E-state index is -3.68. The molecule has 158 valence electrons. The highest BCUT2D eigenvalue weighted by atomic mass is 35.5. The van der Waals surface area contributed by atoms with Crippen molar-refractivity contribution in [2.24, 2.45) is 0 Å². The topological polar surface area (TPSA) is 104 Å². The second kappa shape index (κ2) is 8.94. The van der Waals surface area contributed by atoms with Crippen LogP contribution in [0.1, 0.15) is 0 Å². The fourth-order valence-electron chi connectivity index (χ4n) is 3.01. The lowest BCUT2D eigenvalue weighted by Crippen LogP contribution is -2.40. The van der Waals surface area contributed by atoms with E-state index in [-0.39, 0.29) is 27.3 Å². The van der Waals surface area contributed by atoms with E-state index in [1.165, 1.54) is 34.3 Å². The van der Waals surface area contributed by atoms with Crippen molar-refractivity contribution in [3.8, 4) is 0 Å². The molecular formula is C19H19ClN4O4S2. The van der Waals surface area contributed by atoms with E-state index in [9.17, 15) is 13.2 Å². The summed E-state index contributed by atoms with van der Waals surface area (Å²) >= 11 is 7.43. The number of ether oxygens (including phenoxy) is 1. The number of hydrogen-bond donors (Lipinski definition) is 2. The number of fused-ring (bicyclic) bond motifs is 1. The summed E-state index contributed by atoms with van der Waals surface area (Å²) in [4.78, 5) is 20.0. The number of amides is 1. The van der Waals surface area contributed by atoms with E-state index in [0.29, 0.717) is 31.5 Å². The first-order chi connectivity index (χ1) is 14.4. The van der Waals surface area contributed by atoms with Crippen LogP contribution in [0.25, 0.3) is 11.0 Å². The summed E-state index contributed by atoms with van der Waals surface area (Å²) in [5.74, 6) is -0.223. The number of aromatic nitrogens is 2. The number of morpholine rings is 1. The molecule has 4 rings (SSSR count). The van der Waals surface area contributed by atoms with Crippen LogP contribution in [0.4, 0.5) is 5.69 Å². The van der Waals surface area contributed by atoms with Gasteiger partial charge in [0.1, 0.15) is 0 Å². The third-order valence-electron chi connectivity index (χ3n) is 4.53. The van der Waals surface area contributed by atoms with Gasteiger partial charge in [-0.2, -0.15) is 4.31 Å². The molecule has 0 aliphatic carbocycles. The van der Waals surface area contributed by atoms with Gasteiger partial charge in [0.25, 0.3) is 0 Å². The Labute approximate surface area is 183 Å². The molecule has 0 saturated carbocycles. The highest BCUT2D eigenvalue weighted by Gasteiger charge is 2.27. The van der Waals surface area contributed by atoms with Crippen LogP contribution in [0.15, 0.2) is 52.5 Å². The van der Waals surface area contributed by atoms with Crippen LogP contribution >= 0.6 is 23.4 Å². The van der Waals surface area contributed by atoms with E-state index in [1.54, 1.807) is 0 Å². The SMILES string of the molecule is O=C(CSc1nc2ccccc2[nH]1)Nc1cc(S(=O)(=O)N2CCOCC2)ccc1Cl. The Hall–Kier alpha value is -2.11. The molecule has 0 spiro atoms. The number of carbonyl (C=O) groups excluding carboxylic acids is 1. The predicted molar refractivity (Wildman–Crippen MR) is 116 cm³/mol. The molecule has 1 aromatic heterocycles. The molecule has 1 aliphatic rings. The van der Waals surface area contributed by atoms with Crippen LogP contribution in [0.5, 0.6) is 0 Å². The summed E-state index contributed by atoms with van der Waals surface area (Å²) in [6.07, 6.45) is 0. The van der Waals surface area contributed by atoms with E-state index in [4.69, 9.17) is 16.3 Å². The number of benzene rings is 2. The number of thioether (sulfide) groups is 1. The van der Waals surface area contributed by atoms with E-state index >= 15 is 0 Å². The van der Waals surface area contributed by atoms with Gasteiger partial charge in [0.2, 0.25) is 15.9 Å². The van der Waals surface area contributed by atoms with E-state index in [0.717, 1.165) is 11.0 Å². The molecule has 0 radical (unpaired) electrons. The molecule has 2 N–H and O–H groups in total. The molecule has 0 atom stereocenters. The number of sulfonamides is 1. The molecule has 30 heavy (non-hydrogen) atoms. The van der Waals surface area contributed by atoms with Crippen molar-refractivity contribution in [1.29, 1.82) is 0 Å². The van der Waals surface area contributed by atoms with Crippen LogP contribution in [0.3, 0.4) is 0 Å². The average molecular weight is 467 g/mol. The fourth-order valence-corrected chi connectivity index (χ4v) is 5.30. The van der Waals surface area contributed by atoms with Crippen LogP contribution in [-0.2, 0) is 19.6 Å². The number of H-pyrrole nitrogens is 1. The third-order valence-corrected chi connectivity index (χ3v) is 7.62. The zero-order valence-corrected chi connectivity index (χ0v) is 18.2.